The molecule has 0 saturated heterocycles. The summed E-state index contributed by atoms with van der Waals surface area (Å²) >= 11 is 7.49. The summed E-state index contributed by atoms with van der Waals surface area (Å²) in [6.45, 7) is 8.00. The average Bonchev–Trinajstić information content (AvgIpc) is 3.06. The predicted molar refractivity (Wildman–Crippen MR) is 102 cm³/mol. The number of halogens is 1. The van der Waals surface area contributed by atoms with Gasteiger partial charge in [0.05, 0.1) is 10.7 Å². The van der Waals surface area contributed by atoms with E-state index in [2.05, 4.69) is 34.4 Å². The Hall–Kier alpha value is -1.63. The van der Waals surface area contributed by atoms with Gasteiger partial charge >= 0.3 is 0 Å². The van der Waals surface area contributed by atoms with Crippen LogP contribution in [0.2, 0.25) is 5.02 Å². The maximum Gasteiger partial charge on any atom is 0.270 e. The van der Waals surface area contributed by atoms with Crippen molar-refractivity contribution in [3.63, 3.8) is 0 Å². The van der Waals surface area contributed by atoms with E-state index in [1.807, 2.05) is 18.2 Å². The van der Waals surface area contributed by atoms with Gasteiger partial charge in [-0.15, -0.1) is 11.3 Å². The molecule has 0 unspecified atom stereocenters. The Bertz CT molecular complexity index is 658. The summed E-state index contributed by atoms with van der Waals surface area (Å²) in [5.74, 6) is -0.141. The summed E-state index contributed by atoms with van der Waals surface area (Å²) in [5.41, 5.74) is 1.21. The second-order valence-electron chi connectivity index (χ2n) is 5.28. The second kappa shape index (κ2) is 9.61. The van der Waals surface area contributed by atoms with Crippen molar-refractivity contribution in [2.45, 2.75) is 20.3 Å². The lowest BCUT2D eigenvalue weighted by atomic mass is 10.3. The number of para-hydroxylation sites is 1. The number of nitrogens with zero attached hydrogens (tertiary/aromatic N) is 2. The number of benzene rings is 1. The minimum Gasteiger partial charge on any atom is -0.351 e. The van der Waals surface area contributed by atoms with Crippen LogP contribution < -0.4 is 10.6 Å². The lowest BCUT2D eigenvalue weighted by Crippen LogP contribution is -2.30. The van der Waals surface area contributed by atoms with Crippen LogP contribution in [-0.4, -0.2) is 42.0 Å². The van der Waals surface area contributed by atoms with Gasteiger partial charge in [0.15, 0.2) is 5.13 Å². The highest BCUT2D eigenvalue weighted by Crippen LogP contribution is 2.26. The molecule has 0 aliphatic carbocycles. The number of hydrogen-bond acceptors (Lipinski definition) is 5. The van der Waals surface area contributed by atoms with E-state index in [0.29, 0.717) is 22.4 Å². The monoisotopic (exact) mass is 366 g/mol. The van der Waals surface area contributed by atoms with E-state index in [-0.39, 0.29) is 5.91 Å². The first-order chi connectivity index (χ1) is 11.6. The number of thiazole rings is 1. The molecular formula is C17H23ClN4OS. The molecule has 1 aromatic heterocycles. The van der Waals surface area contributed by atoms with Gasteiger partial charge in [0.1, 0.15) is 5.69 Å². The van der Waals surface area contributed by atoms with Gasteiger partial charge in [-0.25, -0.2) is 4.98 Å². The van der Waals surface area contributed by atoms with Crippen molar-refractivity contribution < 1.29 is 4.79 Å². The molecule has 5 nitrogen and oxygen atoms in total. The van der Waals surface area contributed by atoms with E-state index in [1.54, 1.807) is 11.4 Å². The molecule has 0 aliphatic rings. The molecule has 7 heteroatoms. The third-order valence-corrected chi connectivity index (χ3v) is 4.77. The van der Waals surface area contributed by atoms with Crippen LogP contribution in [0.15, 0.2) is 29.6 Å². The van der Waals surface area contributed by atoms with Gasteiger partial charge < -0.3 is 15.5 Å². The fraction of sp³-hybridized carbons (Fsp3) is 0.412. The topological polar surface area (TPSA) is 57.3 Å². The van der Waals surface area contributed by atoms with Crippen LogP contribution in [0.1, 0.15) is 30.8 Å². The summed E-state index contributed by atoms with van der Waals surface area (Å²) in [6, 6.07) is 7.44. The van der Waals surface area contributed by atoms with Crippen LogP contribution in [-0.2, 0) is 0 Å². The Morgan fingerprint density at radius 3 is 2.75 bits per heavy atom. The highest BCUT2D eigenvalue weighted by Gasteiger charge is 2.11. The zero-order chi connectivity index (χ0) is 17.4. The first-order valence-electron chi connectivity index (χ1n) is 8.11. The number of anilines is 2. The molecule has 130 valence electrons. The molecule has 0 radical (unpaired) electrons. The van der Waals surface area contributed by atoms with Gasteiger partial charge in [-0.3, -0.25) is 4.79 Å². The third-order valence-electron chi connectivity index (χ3n) is 3.68. The van der Waals surface area contributed by atoms with E-state index < -0.39 is 0 Å². The molecule has 0 fully saturated rings. The van der Waals surface area contributed by atoms with E-state index in [1.165, 1.54) is 11.3 Å². The van der Waals surface area contributed by atoms with Gasteiger partial charge in [0, 0.05) is 11.9 Å². The number of amides is 1. The minimum absolute atomic E-state index is 0.141. The lowest BCUT2D eigenvalue weighted by molar-refractivity contribution is 0.0947. The molecule has 1 aromatic carbocycles. The van der Waals surface area contributed by atoms with Crippen LogP contribution in [0.25, 0.3) is 0 Å². The number of carbonyl (C=O) groups is 1. The Labute approximate surface area is 152 Å². The smallest absolute Gasteiger partial charge is 0.270 e. The molecule has 1 amide bonds. The zero-order valence-electron chi connectivity index (χ0n) is 14.0. The van der Waals surface area contributed by atoms with Crippen molar-refractivity contribution in [2.75, 3.05) is 31.5 Å². The molecule has 0 bridgehead atoms. The predicted octanol–water partition coefficient (Wildman–Crippen LogP) is 4.00. The fourth-order valence-corrected chi connectivity index (χ4v) is 3.13. The molecule has 24 heavy (non-hydrogen) atoms. The molecule has 0 saturated carbocycles. The van der Waals surface area contributed by atoms with Gasteiger partial charge in [-0.2, -0.15) is 0 Å². The van der Waals surface area contributed by atoms with Gasteiger partial charge in [-0.1, -0.05) is 37.6 Å². The van der Waals surface area contributed by atoms with Gasteiger partial charge in [0.2, 0.25) is 0 Å². The van der Waals surface area contributed by atoms with E-state index >= 15 is 0 Å². The molecular weight excluding hydrogens is 344 g/mol. The molecule has 2 aromatic rings. The van der Waals surface area contributed by atoms with Crippen LogP contribution in [0.3, 0.4) is 0 Å². The third kappa shape index (κ3) is 5.47. The van der Waals surface area contributed by atoms with Crippen molar-refractivity contribution >= 4 is 39.7 Å². The summed E-state index contributed by atoms with van der Waals surface area (Å²) in [7, 11) is 0. The molecule has 0 spiro atoms. The Morgan fingerprint density at radius 2 is 2.04 bits per heavy atom. The van der Waals surface area contributed by atoms with Crippen molar-refractivity contribution in [1.29, 1.82) is 0 Å². The summed E-state index contributed by atoms with van der Waals surface area (Å²) in [6.07, 6.45) is 0.933. The van der Waals surface area contributed by atoms with Gasteiger partial charge in [-0.05, 0) is 38.2 Å². The van der Waals surface area contributed by atoms with Crippen LogP contribution in [0.5, 0.6) is 0 Å². The maximum absolute atomic E-state index is 12.1. The first kappa shape index (κ1) is 18.7. The Balaban J connectivity index is 1.82. The summed E-state index contributed by atoms with van der Waals surface area (Å²) < 4.78 is 0. The zero-order valence-corrected chi connectivity index (χ0v) is 15.6. The highest BCUT2D eigenvalue weighted by molar-refractivity contribution is 7.14. The SMILES string of the molecule is CCN(CC)CCCNC(=O)c1csc(Nc2ccccc2Cl)n1. The summed E-state index contributed by atoms with van der Waals surface area (Å²) in [4.78, 5) is 18.8. The molecule has 0 atom stereocenters. The minimum atomic E-state index is -0.141. The molecule has 1 heterocycles. The van der Waals surface area contributed by atoms with E-state index in [0.717, 1.165) is 31.7 Å². The lowest BCUT2D eigenvalue weighted by Gasteiger charge is -2.17. The fourth-order valence-electron chi connectivity index (χ4n) is 2.25. The average molecular weight is 367 g/mol. The van der Waals surface area contributed by atoms with E-state index in [9.17, 15) is 4.79 Å². The van der Waals surface area contributed by atoms with Crippen molar-refractivity contribution in [2.24, 2.45) is 0 Å². The van der Waals surface area contributed by atoms with Crippen molar-refractivity contribution in [3.8, 4) is 0 Å². The molecule has 0 aliphatic heterocycles. The molecule has 2 rings (SSSR count). The molecule has 2 N–H and O–H groups in total. The number of carbonyl (C=O) groups excluding carboxylic acids is 1. The van der Waals surface area contributed by atoms with E-state index in [4.69, 9.17) is 11.6 Å². The number of nitrogens with one attached hydrogen (secondary N) is 2. The standard InChI is InChI=1S/C17H23ClN4OS/c1-3-22(4-2)11-7-10-19-16(23)15-12-24-17(21-15)20-14-9-6-5-8-13(14)18/h5-6,8-9,12H,3-4,7,10-11H2,1-2H3,(H,19,23)(H,20,21). The van der Waals surface area contributed by atoms with Crippen molar-refractivity contribution in [1.82, 2.24) is 15.2 Å². The Morgan fingerprint density at radius 1 is 1.29 bits per heavy atom. The second-order valence-corrected chi connectivity index (χ2v) is 6.54. The maximum atomic E-state index is 12.1. The highest BCUT2D eigenvalue weighted by atomic mass is 35.5. The number of rotatable bonds is 9. The normalized spacial score (nSPS) is 10.8. The number of aromatic nitrogens is 1. The van der Waals surface area contributed by atoms with Gasteiger partial charge in [0.25, 0.3) is 5.91 Å². The largest absolute Gasteiger partial charge is 0.351 e. The number of hydrogen-bond donors (Lipinski definition) is 2. The van der Waals surface area contributed by atoms with Crippen LogP contribution >= 0.6 is 22.9 Å². The Kier molecular flexibility index (Phi) is 7.49. The quantitative estimate of drug-likeness (QED) is 0.658. The summed E-state index contributed by atoms with van der Waals surface area (Å²) in [5, 5.41) is 9.07. The van der Waals surface area contributed by atoms with Crippen molar-refractivity contribution in [3.05, 3.63) is 40.4 Å². The first-order valence-corrected chi connectivity index (χ1v) is 9.37. The van der Waals surface area contributed by atoms with Crippen LogP contribution in [0.4, 0.5) is 10.8 Å². The van der Waals surface area contributed by atoms with Crippen LogP contribution in [0, 0.1) is 0 Å².